The van der Waals surface area contributed by atoms with Crippen molar-refractivity contribution in [1.29, 1.82) is 0 Å². The lowest BCUT2D eigenvalue weighted by Crippen LogP contribution is -2.42. The maximum atomic E-state index is 14.2. The Morgan fingerprint density at radius 3 is 2.71 bits per heavy atom. The molecule has 0 bridgehead atoms. The van der Waals surface area contributed by atoms with Crippen molar-refractivity contribution in [3.8, 4) is 11.6 Å². The van der Waals surface area contributed by atoms with Gasteiger partial charge in [0.15, 0.2) is 0 Å². The maximum Gasteiger partial charge on any atom is 0.269 e. The van der Waals surface area contributed by atoms with Crippen LogP contribution in [0.4, 0.5) is 10.1 Å². The molecule has 0 fully saturated rings. The molecule has 4 aromatic rings. The van der Waals surface area contributed by atoms with Crippen LogP contribution in [0.1, 0.15) is 32.7 Å². The Balaban J connectivity index is 1.52. The summed E-state index contributed by atoms with van der Waals surface area (Å²) in [6, 6.07) is 14.5. The van der Waals surface area contributed by atoms with Crippen molar-refractivity contribution in [2.24, 2.45) is 4.99 Å². The Kier molecular flexibility index (Phi) is 8.14. The molecule has 1 aliphatic rings. The second-order valence-electron chi connectivity index (χ2n) is 8.90. The summed E-state index contributed by atoms with van der Waals surface area (Å²) in [5, 5.41) is 5.89. The average molecular weight is 594 g/mol. The molecular weight excluding hydrogens is 572 g/mol. The van der Waals surface area contributed by atoms with E-state index in [0.29, 0.717) is 27.6 Å². The minimum atomic E-state index is -1.45. The quantitative estimate of drug-likeness (QED) is 0.298. The highest BCUT2D eigenvalue weighted by Gasteiger charge is 2.30. The van der Waals surface area contributed by atoms with Gasteiger partial charge in [-0.05, 0) is 37.3 Å². The van der Waals surface area contributed by atoms with E-state index in [2.05, 4.69) is 25.6 Å². The molecule has 0 spiro atoms. The number of para-hydroxylation sites is 1. The van der Waals surface area contributed by atoms with Crippen LogP contribution in [0.3, 0.4) is 0 Å². The molecule has 2 amide bonds. The largest absolute Gasteiger partial charge is 0.496 e. The molecule has 1 aliphatic heterocycles. The fourth-order valence-electron chi connectivity index (χ4n) is 4.22. The predicted molar refractivity (Wildman–Crippen MR) is 152 cm³/mol. The number of halogens is 3. The number of carbonyl (C=O) groups is 2. The van der Waals surface area contributed by atoms with Gasteiger partial charge in [0.25, 0.3) is 11.8 Å². The first kappa shape index (κ1) is 28.0. The normalized spacial score (nSPS) is 14.3. The minimum Gasteiger partial charge on any atom is -0.496 e. The van der Waals surface area contributed by atoms with Gasteiger partial charge in [0, 0.05) is 28.0 Å². The Labute approximate surface area is 244 Å². The number of fused-ring (bicyclic) bond motifs is 1. The van der Waals surface area contributed by atoms with Gasteiger partial charge in [-0.3, -0.25) is 14.6 Å². The second-order valence-corrected chi connectivity index (χ2v) is 9.74. The van der Waals surface area contributed by atoms with Crippen molar-refractivity contribution in [3.05, 3.63) is 111 Å². The van der Waals surface area contributed by atoms with Crippen molar-refractivity contribution in [1.82, 2.24) is 15.3 Å². The number of aryl methyl sites for hydroxylation is 1. The Morgan fingerprint density at radius 2 is 1.93 bits per heavy atom. The van der Waals surface area contributed by atoms with Crippen molar-refractivity contribution in [2.75, 3.05) is 12.4 Å². The van der Waals surface area contributed by atoms with Gasteiger partial charge >= 0.3 is 0 Å². The van der Waals surface area contributed by atoms with Crippen molar-refractivity contribution in [3.63, 3.8) is 0 Å². The molecule has 208 valence electrons. The molecule has 0 saturated carbocycles. The number of methoxy groups -OCH3 is 1. The molecule has 41 heavy (non-hydrogen) atoms. The topological polar surface area (TPSA) is 115 Å². The van der Waals surface area contributed by atoms with Gasteiger partial charge in [0.1, 0.15) is 23.7 Å². The van der Waals surface area contributed by atoms with E-state index >= 15 is 0 Å². The second kappa shape index (κ2) is 11.9. The molecule has 2 N–H and O–H groups in total. The Morgan fingerprint density at radius 1 is 1.12 bits per heavy atom. The van der Waals surface area contributed by atoms with Gasteiger partial charge in [-0.15, -0.1) is 0 Å². The zero-order valence-corrected chi connectivity index (χ0v) is 23.3. The summed E-state index contributed by atoms with van der Waals surface area (Å²) in [6.07, 6.45) is 1.13. The Bertz CT molecular complexity index is 1700. The summed E-state index contributed by atoms with van der Waals surface area (Å²) in [7, 11) is 1.45. The molecule has 0 radical (unpaired) electrons. The van der Waals surface area contributed by atoms with Gasteiger partial charge < -0.3 is 20.1 Å². The van der Waals surface area contributed by atoms with Crippen LogP contribution in [-0.2, 0) is 11.4 Å². The highest BCUT2D eigenvalue weighted by molar-refractivity contribution is 6.39. The molecular formula is C29H22Cl2FN5O4. The van der Waals surface area contributed by atoms with Crippen LogP contribution >= 0.6 is 23.2 Å². The van der Waals surface area contributed by atoms with E-state index in [9.17, 15) is 14.0 Å². The monoisotopic (exact) mass is 593 g/mol. The lowest BCUT2D eigenvalue weighted by atomic mass is 9.99. The van der Waals surface area contributed by atoms with Crippen molar-refractivity contribution in [2.45, 2.75) is 19.7 Å². The fraction of sp³-hybridized carbons (Fsp3) is 0.138. The van der Waals surface area contributed by atoms with E-state index < -0.39 is 23.8 Å². The third-order valence-corrected chi connectivity index (χ3v) is 6.75. The number of rotatable bonds is 7. The summed E-state index contributed by atoms with van der Waals surface area (Å²) >= 11 is 12.8. The highest BCUT2D eigenvalue weighted by atomic mass is 35.5. The number of aromatic nitrogens is 2. The SMILES string of the molecule is COc1cc(Cl)cc(Cl)c1C1=NC(NC(=O)c2cc(F)cnc2OCc2cccnc2C)C(=O)Nc2ccccc21. The van der Waals surface area contributed by atoms with Gasteiger partial charge in [-0.25, -0.2) is 14.4 Å². The summed E-state index contributed by atoms with van der Waals surface area (Å²) in [6.45, 7) is 1.85. The number of ether oxygens (including phenoxy) is 2. The molecule has 0 saturated heterocycles. The van der Waals surface area contributed by atoms with E-state index in [1.807, 2.05) is 13.0 Å². The summed E-state index contributed by atoms with van der Waals surface area (Å²) in [5.74, 6) is -2.05. The number of amides is 2. The summed E-state index contributed by atoms with van der Waals surface area (Å²) in [4.78, 5) is 39.5. The van der Waals surface area contributed by atoms with Crippen molar-refractivity contribution < 1.29 is 23.5 Å². The minimum absolute atomic E-state index is 0.0367. The van der Waals surface area contributed by atoms with Gasteiger partial charge in [0.2, 0.25) is 12.0 Å². The molecule has 1 atom stereocenters. The van der Waals surface area contributed by atoms with Crippen LogP contribution in [0, 0.1) is 12.7 Å². The fourth-order valence-corrected chi connectivity index (χ4v) is 4.78. The first-order chi connectivity index (χ1) is 19.7. The molecule has 0 aliphatic carbocycles. The number of nitrogens with one attached hydrogen (secondary N) is 2. The molecule has 3 heterocycles. The number of anilines is 1. The number of benzene rings is 2. The van der Waals surface area contributed by atoms with E-state index in [4.69, 9.17) is 32.7 Å². The first-order valence-corrected chi connectivity index (χ1v) is 13.0. The van der Waals surface area contributed by atoms with Crippen LogP contribution in [0.5, 0.6) is 11.6 Å². The van der Waals surface area contributed by atoms with Crippen LogP contribution in [0.25, 0.3) is 0 Å². The van der Waals surface area contributed by atoms with Crippen LogP contribution in [0.2, 0.25) is 10.0 Å². The molecule has 2 aromatic heterocycles. The highest BCUT2D eigenvalue weighted by Crippen LogP contribution is 2.35. The summed E-state index contributed by atoms with van der Waals surface area (Å²) in [5.41, 5.74) is 2.86. The van der Waals surface area contributed by atoms with Crippen LogP contribution in [-0.4, -0.2) is 40.8 Å². The van der Waals surface area contributed by atoms with E-state index in [0.717, 1.165) is 23.5 Å². The molecule has 1 unspecified atom stereocenters. The standard InChI is InChI=1S/C29H22Cl2FN5O4/c1-15-16(6-5-9-33-15)14-41-29-20(12-18(32)13-34-29)27(38)37-26-28(39)35-22-8-4-3-7-19(22)25(36-26)24-21(31)10-17(30)11-23(24)40-2/h3-13,26H,14H2,1-2H3,(H,35,39)(H,37,38). The smallest absolute Gasteiger partial charge is 0.269 e. The molecule has 2 aromatic carbocycles. The maximum absolute atomic E-state index is 14.2. The third kappa shape index (κ3) is 5.98. The molecule has 5 rings (SSSR count). The Hall–Kier alpha value is -4.54. The number of carbonyl (C=O) groups excluding carboxylic acids is 2. The van der Waals surface area contributed by atoms with Gasteiger partial charge in [0.05, 0.1) is 35.3 Å². The van der Waals surface area contributed by atoms with Crippen LogP contribution < -0.4 is 20.1 Å². The number of benzodiazepines with no additional fused rings is 1. The molecule has 12 heteroatoms. The number of hydrogen-bond donors (Lipinski definition) is 2. The van der Waals surface area contributed by atoms with Gasteiger partial charge in [-0.1, -0.05) is 47.5 Å². The average Bonchev–Trinajstić information content (AvgIpc) is 3.08. The summed E-state index contributed by atoms with van der Waals surface area (Å²) < 4.78 is 25.5. The zero-order chi connectivity index (χ0) is 29.1. The lowest BCUT2D eigenvalue weighted by Gasteiger charge is -2.17. The first-order valence-electron chi connectivity index (χ1n) is 12.3. The number of hydrogen-bond acceptors (Lipinski definition) is 7. The number of nitrogens with zero attached hydrogens (tertiary/aromatic N) is 3. The van der Waals surface area contributed by atoms with Gasteiger partial charge in [-0.2, -0.15) is 0 Å². The number of aliphatic imine (C=N–C) groups is 1. The van der Waals surface area contributed by atoms with E-state index in [1.54, 1.807) is 42.6 Å². The van der Waals surface area contributed by atoms with E-state index in [-0.39, 0.29) is 28.8 Å². The predicted octanol–water partition coefficient (Wildman–Crippen LogP) is 5.36. The van der Waals surface area contributed by atoms with Crippen molar-refractivity contribution >= 4 is 46.4 Å². The number of pyridine rings is 2. The van der Waals surface area contributed by atoms with E-state index in [1.165, 1.54) is 13.2 Å². The zero-order valence-electron chi connectivity index (χ0n) is 21.7. The van der Waals surface area contributed by atoms with Crippen LogP contribution in [0.15, 0.2) is 72.0 Å². The third-order valence-electron chi connectivity index (χ3n) is 6.23. The molecule has 9 nitrogen and oxygen atoms in total. The lowest BCUT2D eigenvalue weighted by molar-refractivity contribution is -0.117.